The van der Waals surface area contributed by atoms with Gasteiger partial charge in [0.2, 0.25) is 11.8 Å². The van der Waals surface area contributed by atoms with E-state index in [1.54, 1.807) is 24.3 Å². The number of hydrogen-bond donors (Lipinski definition) is 3. The van der Waals surface area contributed by atoms with Crippen molar-refractivity contribution in [1.82, 2.24) is 20.0 Å². The number of imide groups is 2. The molecule has 4 aromatic carbocycles. The predicted octanol–water partition coefficient (Wildman–Crippen LogP) is 7.20. The zero-order valence-corrected chi connectivity index (χ0v) is 34.7. The van der Waals surface area contributed by atoms with E-state index in [0.717, 1.165) is 110 Å². The number of nitrogens with one attached hydrogen (secondary N) is 1. The van der Waals surface area contributed by atoms with Gasteiger partial charge in [0.15, 0.2) is 0 Å². The molecule has 3 saturated heterocycles. The number of phenols is 2. The fraction of sp³-hybridized carbons (Fsp3) is 0.375. The molecule has 4 aliphatic heterocycles. The Kier molecular flexibility index (Phi) is 12.8. The molecule has 0 bridgehead atoms. The molecule has 0 aliphatic carbocycles. The van der Waals surface area contributed by atoms with Crippen LogP contribution in [-0.4, -0.2) is 106 Å². The van der Waals surface area contributed by atoms with Gasteiger partial charge in [0, 0.05) is 25.4 Å². The summed E-state index contributed by atoms with van der Waals surface area (Å²) in [6, 6.07) is 23.9. The number of amides is 4. The van der Waals surface area contributed by atoms with Crippen LogP contribution in [0, 0.1) is 11.7 Å². The predicted molar refractivity (Wildman–Crippen MR) is 230 cm³/mol. The van der Waals surface area contributed by atoms with Crippen LogP contribution in [0.2, 0.25) is 0 Å². The maximum absolute atomic E-state index is 15.5. The van der Waals surface area contributed by atoms with Crippen LogP contribution in [0.1, 0.15) is 93.8 Å². The van der Waals surface area contributed by atoms with Gasteiger partial charge in [-0.1, -0.05) is 36.4 Å². The quantitative estimate of drug-likeness (QED) is 0.0725. The molecule has 0 saturated carbocycles. The number of hydrogen-bond acceptors (Lipinski definition) is 9. The second-order valence-corrected chi connectivity index (χ2v) is 16.9. The average molecular weight is 849 g/mol. The number of carbonyl (C=O) groups is 4. The summed E-state index contributed by atoms with van der Waals surface area (Å²) in [5.74, 6) is -0.875. The number of benzene rings is 4. The second kappa shape index (κ2) is 18.6. The van der Waals surface area contributed by atoms with Crippen molar-refractivity contribution in [2.45, 2.75) is 56.9 Å². The average Bonchev–Trinajstić information content (AvgIpc) is 3.49. The van der Waals surface area contributed by atoms with E-state index in [9.17, 15) is 29.4 Å². The minimum atomic E-state index is -1.08. The number of ether oxygens (including phenoxy) is 1. The van der Waals surface area contributed by atoms with E-state index in [4.69, 9.17) is 16.3 Å². The van der Waals surface area contributed by atoms with Crippen molar-refractivity contribution >= 4 is 46.4 Å². The summed E-state index contributed by atoms with van der Waals surface area (Å²) in [6.45, 7) is 6.01. The number of aromatic hydroxyl groups is 2. The van der Waals surface area contributed by atoms with E-state index in [-0.39, 0.29) is 41.4 Å². The van der Waals surface area contributed by atoms with Crippen molar-refractivity contribution in [2.24, 2.45) is 5.92 Å². The Bertz CT molecular complexity index is 2300. The Balaban J connectivity index is 0.805. The first-order chi connectivity index (χ1) is 29.6. The summed E-state index contributed by atoms with van der Waals surface area (Å²) < 4.78 is 21.7. The number of allylic oxidation sites excluding steroid dienone is 1. The molecule has 3 N–H and O–H groups in total. The third kappa shape index (κ3) is 9.36. The van der Waals surface area contributed by atoms with E-state index in [1.807, 2.05) is 48.5 Å². The molecule has 4 heterocycles. The van der Waals surface area contributed by atoms with E-state index in [1.165, 1.54) is 6.07 Å². The van der Waals surface area contributed by atoms with Crippen LogP contribution in [0.25, 0.3) is 11.1 Å². The van der Waals surface area contributed by atoms with Gasteiger partial charge in [-0.2, -0.15) is 0 Å². The fourth-order valence-corrected chi connectivity index (χ4v) is 9.52. The molecule has 13 heteroatoms. The van der Waals surface area contributed by atoms with Crippen LogP contribution in [-0.2, 0) is 9.59 Å². The highest BCUT2D eigenvalue weighted by molar-refractivity contribution is 6.23. The van der Waals surface area contributed by atoms with Gasteiger partial charge in [-0.05, 0) is 158 Å². The first-order valence-electron chi connectivity index (χ1n) is 21.2. The molecular formula is C48H50ClFN4O7. The smallest absolute Gasteiger partial charge is 0.262 e. The SMILES string of the molecule is O=C1CCC(N2C(=O)c3cc(F)c(C4CCN(CC5CCN(CCOc6ccc(C(=C(CCCl)c7ccc(O)cc7)c7ccc(O)cc7)cc6)CC5)CC4)cc3C2=O)C(=O)N1. The molecule has 0 aromatic heterocycles. The summed E-state index contributed by atoms with van der Waals surface area (Å²) in [5, 5.41) is 22.1. The number of nitrogens with zero attached hydrogens (tertiary/aromatic N) is 3. The molecular weight excluding hydrogens is 799 g/mol. The first-order valence-corrected chi connectivity index (χ1v) is 21.7. The number of alkyl halides is 1. The third-order valence-corrected chi connectivity index (χ3v) is 12.8. The van der Waals surface area contributed by atoms with Gasteiger partial charge in [-0.3, -0.25) is 34.3 Å². The maximum atomic E-state index is 15.5. The van der Waals surface area contributed by atoms with Gasteiger partial charge in [-0.15, -0.1) is 11.6 Å². The van der Waals surface area contributed by atoms with Crippen LogP contribution in [0.5, 0.6) is 17.2 Å². The normalized spacial score (nSPS) is 19.8. The molecule has 0 radical (unpaired) electrons. The molecule has 8 rings (SSSR count). The lowest BCUT2D eigenvalue weighted by atomic mass is 9.86. The molecule has 11 nitrogen and oxygen atoms in total. The zero-order chi connectivity index (χ0) is 42.6. The highest BCUT2D eigenvalue weighted by Crippen LogP contribution is 2.38. The number of rotatable bonds is 13. The Morgan fingerprint density at radius 3 is 1.92 bits per heavy atom. The Hall–Kier alpha value is -5.56. The van der Waals surface area contributed by atoms with Crippen LogP contribution in [0.15, 0.2) is 84.9 Å². The van der Waals surface area contributed by atoms with Crippen molar-refractivity contribution in [1.29, 1.82) is 0 Å². The Morgan fingerprint density at radius 1 is 0.738 bits per heavy atom. The van der Waals surface area contributed by atoms with Crippen LogP contribution in [0.3, 0.4) is 0 Å². The topological polar surface area (TPSA) is 140 Å². The number of halogens is 2. The van der Waals surface area contributed by atoms with Gasteiger partial charge >= 0.3 is 0 Å². The Morgan fingerprint density at radius 2 is 1.31 bits per heavy atom. The summed E-state index contributed by atoms with van der Waals surface area (Å²) >= 11 is 6.30. The highest BCUT2D eigenvalue weighted by Gasteiger charge is 2.45. The number of fused-ring (bicyclic) bond motifs is 1. The minimum Gasteiger partial charge on any atom is -0.508 e. The third-order valence-electron chi connectivity index (χ3n) is 12.6. The highest BCUT2D eigenvalue weighted by atomic mass is 35.5. The van der Waals surface area contributed by atoms with Gasteiger partial charge in [-0.25, -0.2) is 4.39 Å². The lowest BCUT2D eigenvalue weighted by Crippen LogP contribution is -2.54. The summed E-state index contributed by atoms with van der Waals surface area (Å²) in [5.41, 5.74) is 5.45. The number of carbonyl (C=O) groups excluding carboxylic acids is 4. The molecule has 1 unspecified atom stereocenters. The maximum Gasteiger partial charge on any atom is 0.262 e. The molecule has 0 spiro atoms. The van der Waals surface area contributed by atoms with Crippen LogP contribution in [0.4, 0.5) is 4.39 Å². The monoisotopic (exact) mass is 848 g/mol. The molecule has 4 aromatic rings. The summed E-state index contributed by atoms with van der Waals surface area (Å²) in [7, 11) is 0. The minimum absolute atomic E-state index is 0.0278. The Labute approximate surface area is 359 Å². The van der Waals surface area contributed by atoms with Crippen molar-refractivity contribution in [2.75, 3.05) is 51.8 Å². The number of phenolic OH excluding ortho intramolecular Hbond substituents is 2. The molecule has 4 aliphatic rings. The van der Waals surface area contributed by atoms with Gasteiger partial charge in [0.05, 0.1) is 11.1 Å². The standard InChI is InChI=1S/C48H50ClFN4O7/c49-20-15-38(31-1-7-35(55)8-2-31)45(33-3-9-36(56)10-4-33)34-5-11-37(12-6-34)61-26-25-52-21-16-30(17-22-52)29-53-23-18-32(19-24-53)39-27-40-41(28-42(39)50)48(60)54(47(40)59)43-13-14-44(57)51-46(43)58/h1-12,27-28,30,32,43,55-56H,13-26,29H2,(H,51,57,58). The summed E-state index contributed by atoms with van der Waals surface area (Å²) in [6.07, 6.45) is 4.36. The van der Waals surface area contributed by atoms with Crippen LogP contribution >= 0.6 is 11.6 Å². The van der Waals surface area contributed by atoms with Crippen LogP contribution < -0.4 is 10.1 Å². The molecule has 1 atom stereocenters. The second-order valence-electron chi connectivity index (χ2n) is 16.5. The van der Waals surface area contributed by atoms with Gasteiger partial charge < -0.3 is 19.8 Å². The lowest BCUT2D eigenvalue weighted by Gasteiger charge is -2.37. The number of piperidine rings is 3. The van der Waals surface area contributed by atoms with E-state index in [2.05, 4.69) is 15.1 Å². The van der Waals surface area contributed by atoms with E-state index >= 15 is 4.39 Å². The largest absolute Gasteiger partial charge is 0.508 e. The molecule has 3 fully saturated rings. The summed E-state index contributed by atoms with van der Waals surface area (Å²) in [4.78, 5) is 56.3. The lowest BCUT2D eigenvalue weighted by molar-refractivity contribution is -0.136. The van der Waals surface area contributed by atoms with Gasteiger partial charge in [0.1, 0.15) is 35.7 Å². The van der Waals surface area contributed by atoms with E-state index < -0.39 is 35.5 Å². The van der Waals surface area contributed by atoms with Crippen molar-refractivity contribution in [3.8, 4) is 17.2 Å². The van der Waals surface area contributed by atoms with Gasteiger partial charge in [0.25, 0.3) is 11.8 Å². The zero-order valence-electron chi connectivity index (χ0n) is 34.0. The molecule has 61 heavy (non-hydrogen) atoms. The number of likely N-dealkylation sites (tertiary alicyclic amines) is 2. The fourth-order valence-electron chi connectivity index (χ4n) is 9.33. The molecule has 318 valence electrons. The molecule has 4 amide bonds. The van der Waals surface area contributed by atoms with Crippen molar-refractivity contribution < 1.29 is 38.5 Å². The first kappa shape index (κ1) is 42.1. The van der Waals surface area contributed by atoms with Crippen molar-refractivity contribution in [3.05, 3.63) is 124 Å². The van der Waals surface area contributed by atoms with E-state index in [0.29, 0.717) is 30.4 Å². The van der Waals surface area contributed by atoms with Crippen molar-refractivity contribution in [3.63, 3.8) is 0 Å².